The predicted octanol–water partition coefficient (Wildman–Crippen LogP) is 3.57. The van der Waals surface area contributed by atoms with Crippen molar-refractivity contribution < 1.29 is 19.0 Å². The van der Waals surface area contributed by atoms with Gasteiger partial charge in [0.1, 0.15) is 11.9 Å². The van der Waals surface area contributed by atoms with E-state index in [1.807, 2.05) is 26.0 Å². The molecule has 0 radical (unpaired) electrons. The summed E-state index contributed by atoms with van der Waals surface area (Å²) in [5, 5.41) is 11.1. The first-order chi connectivity index (χ1) is 14.2. The highest BCUT2D eigenvalue weighted by Crippen LogP contribution is 2.52. The summed E-state index contributed by atoms with van der Waals surface area (Å²) in [6, 6.07) is 10.2. The summed E-state index contributed by atoms with van der Waals surface area (Å²) in [5.74, 6) is -1.37. The third-order valence-corrected chi connectivity index (χ3v) is 6.96. The number of carbonyl (C=O) groups excluding carboxylic acids is 1. The van der Waals surface area contributed by atoms with E-state index in [1.54, 1.807) is 43.5 Å². The lowest BCUT2D eigenvalue weighted by Gasteiger charge is -2.51. The molecule has 5 nitrogen and oxygen atoms in total. The van der Waals surface area contributed by atoms with Gasteiger partial charge >= 0.3 is 5.97 Å². The smallest absolute Gasteiger partial charge is 0.338 e. The van der Waals surface area contributed by atoms with E-state index in [9.17, 15) is 14.3 Å². The molecular formula is C24H27FN2O3. The number of hydrogen-bond donors (Lipinski definition) is 2. The highest BCUT2D eigenvalue weighted by molar-refractivity contribution is 5.83. The van der Waals surface area contributed by atoms with Gasteiger partial charge in [-0.3, -0.25) is 4.98 Å². The van der Waals surface area contributed by atoms with Crippen molar-refractivity contribution >= 4 is 12.0 Å². The summed E-state index contributed by atoms with van der Waals surface area (Å²) in [6.45, 7) is 5.81. The van der Waals surface area contributed by atoms with Gasteiger partial charge in [0.05, 0.1) is 11.6 Å². The summed E-state index contributed by atoms with van der Waals surface area (Å²) < 4.78 is 19.4. The number of pyridine rings is 1. The lowest BCUT2D eigenvalue weighted by molar-refractivity contribution is -0.161. The molecular weight excluding hydrogens is 383 g/mol. The fourth-order valence-corrected chi connectivity index (χ4v) is 5.17. The second kappa shape index (κ2) is 7.29. The molecule has 4 rings (SSSR count). The Kier molecular flexibility index (Phi) is 5.03. The fraction of sp³-hybridized carbons (Fsp3) is 0.417. The molecule has 1 aliphatic carbocycles. The fourth-order valence-electron chi connectivity index (χ4n) is 5.17. The van der Waals surface area contributed by atoms with Gasteiger partial charge in [-0.2, -0.15) is 0 Å². The van der Waals surface area contributed by atoms with Gasteiger partial charge in [0.25, 0.3) is 0 Å². The number of hydrogen-bond acceptors (Lipinski definition) is 5. The monoisotopic (exact) mass is 410 g/mol. The van der Waals surface area contributed by atoms with E-state index in [-0.39, 0.29) is 17.7 Å². The van der Waals surface area contributed by atoms with E-state index in [4.69, 9.17) is 10.5 Å². The number of carbonyl (C=O) groups is 1. The first-order valence-electron chi connectivity index (χ1n) is 10.3. The van der Waals surface area contributed by atoms with Crippen LogP contribution in [0.1, 0.15) is 32.9 Å². The quantitative estimate of drug-likeness (QED) is 0.756. The summed E-state index contributed by atoms with van der Waals surface area (Å²) in [5.41, 5.74) is 6.17. The number of cyclic esters (lactones) is 1. The molecule has 6 heteroatoms. The molecule has 6 atom stereocenters. The Morgan fingerprint density at radius 1 is 1.23 bits per heavy atom. The van der Waals surface area contributed by atoms with Gasteiger partial charge in [-0.05, 0) is 43.4 Å². The van der Waals surface area contributed by atoms with E-state index in [1.165, 1.54) is 6.07 Å². The molecule has 3 N–H and O–H groups in total. The number of nitrogens with two attached hydrogens (primary N) is 1. The van der Waals surface area contributed by atoms with Gasteiger partial charge in [-0.15, -0.1) is 0 Å². The molecule has 1 aliphatic heterocycles. The minimum atomic E-state index is -1.58. The van der Waals surface area contributed by atoms with Crippen molar-refractivity contribution in [3.05, 3.63) is 60.2 Å². The zero-order chi connectivity index (χ0) is 21.7. The Labute approximate surface area is 175 Å². The van der Waals surface area contributed by atoms with E-state index >= 15 is 0 Å². The number of nitrogens with zero attached hydrogens (tertiary/aromatic N) is 1. The molecule has 1 aromatic carbocycles. The summed E-state index contributed by atoms with van der Waals surface area (Å²) in [4.78, 5) is 16.8. The van der Waals surface area contributed by atoms with Crippen molar-refractivity contribution in [3.63, 3.8) is 0 Å². The molecule has 30 heavy (non-hydrogen) atoms. The van der Waals surface area contributed by atoms with Crippen LogP contribution in [0.3, 0.4) is 0 Å². The SMILES string of the molecule is C[C@@H]1[C@@H](C)C[C@@]2(O)C(=O)O[C@H](C)[C@H]2[C@@]1(N)/C=C/c1ccc(-c2ccccc2F)cn1. The van der Waals surface area contributed by atoms with E-state index in [2.05, 4.69) is 4.98 Å². The van der Waals surface area contributed by atoms with Gasteiger partial charge in [0.2, 0.25) is 0 Å². The summed E-state index contributed by atoms with van der Waals surface area (Å²) >= 11 is 0. The van der Waals surface area contributed by atoms with Crippen LogP contribution in [-0.4, -0.2) is 33.3 Å². The number of rotatable bonds is 3. The molecule has 0 spiro atoms. The molecule has 0 amide bonds. The largest absolute Gasteiger partial charge is 0.460 e. The zero-order valence-corrected chi connectivity index (χ0v) is 17.4. The van der Waals surface area contributed by atoms with Crippen LogP contribution in [0.2, 0.25) is 0 Å². The highest BCUT2D eigenvalue weighted by atomic mass is 19.1. The Morgan fingerprint density at radius 2 is 1.97 bits per heavy atom. The van der Waals surface area contributed by atoms with Crippen molar-refractivity contribution in [2.75, 3.05) is 0 Å². The lowest BCUT2D eigenvalue weighted by atomic mass is 9.56. The number of benzene rings is 1. The normalized spacial score (nSPS) is 36.0. The maximum Gasteiger partial charge on any atom is 0.338 e. The average Bonchev–Trinajstić information content (AvgIpc) is 2.94. The molecule has 2 fully saturated rings. The van der Waals surface area contributed by atoms with Crippen LogP contribution in [0.25, 0.3) is 17.2 Å². The van der Waals surface area contributed by atoms with E-state index in [0.717, 1.165) is 0 Å². The topological polar surface area (TPSA) is 85.4 Å². The Hall–Kier alpha value is -2.57. The Bertz CT molecular complexity index is 992. The molecule has 2 heterocycles. The van der Waals surface area contributed by atoms with Crippen LogP contribution >= 0.6 is 0 Å². The van der Waals surface area contributed by atoms with Crippen molar-refractivity contribution in [2.24, 2.45) is 23.5 Å². The standard InChI is InChI=1S/C24H27FN2O3/c1-14-12-24(29)21(16(3)30-22(24)28)23(26,15(14)2)11-10-18-9-8-17(13-27-18)19-6-4-5-7-20(19)25/h4-11,13-16,21,29H,12,26H2,1-3H3/b11-10+/t14-,15+,16+,21-,23+,24-/m0/s1. The molecule has 2 aromatic rings. The maximum absolute atomic E-state index is 14.0. The number of esters is 1. The van der Waals surface area contributed by atoms with Crippen molar-refractivity contribution in [1.82, 2.24) is 4.98 Å². The van der Waals surface area contributed by atoms with Crippen molar-refractivity contribution in [2.45, 2.75) is 44.4 Å². The molecule has 0 bridgehead atoms. The summed E-state index contributed by atoms with van der Waals surface area (Å²) in [6.07, 6.45) is 5.12. The van der Waals surface area contributed by atoms with Crippen molar-refractivity contribution in [3.8, 4) is 11.1 Å². The van der Waals surface area contributed by atoms with Crippen molar-refractivity contribution in [1.29, 1.82) is 0 Å². The molecule has 2 aliphatic rings. The van der Waals surface area contributed by atoms with Gasteiger partial charge in [0.15, 0.2) is 5.60 Å². The minimum absolute atomic E-state index is 0.0219. The Balaban J connectivity index is 1.65. The van der Waals surface area contributed by atoms with E-state index in [0.29, 0.717) is 23.2 Å². The van der Waals surface area contributed by atoms with Gasteiger partial charge in [-0.25, -0.2) is 9.18 Å². The Morgan fingerprint density at radius 3 is 2.63 bits per heavy atom. The highest BCUT2D eigenvalue weighted by Gasteiger charge is 2.66. The zero-order valence-electron chi connectivity index (χ0n) is 17.4. The van der Waals surface area contributed by atoms with E-state index < -0.39 is 29.1 Å². The van der Waals surface area contributed by atoms with Crippen LogP contribution in [-0.2, 0) is 9.53 Å². The second-order valence-electron chi connectivity index (χ2n) is 8.77. The van der Waals surface area contributed by atoms with Crippen LogP contribution < -0.4 is 5.73 Å². The van der Waals surface area contributed by atoms with Crippen LogP contribution in [0.4, 0.5) is 4.39 Å². The van der Waals surface area contributed by atoms with Gasteiger partial charge in [0, 0.05) is 22.9 Å². The minimum Gasteiger partial charge on any atom is -0.460 e. The lowest BCUT2D eigenvalue weighted by Crippen LogP contribution is -2.66. The number of fused-ring (bicyclic) bond motifs is 1. The molecule has 1 saturated heterocycles. The third kappa shape index (κ3) is 3.15. The maximum atomic E-state index is 14.0. The number of ether oxygens (including phenoxy) is 1. The van der Waals surface area contributed by atoms with Crippen LogP contribution in [0.15, 0.2) is 48.7 Å². The van der Waals surface area contributed by atoms with Gasteiger partial charge < -0.3 is 15.6 Å². The molecule has 158 valence electrons. The van der Waals surface area contributed by atoms with Crippen LogP contribution in [0.5, 0.6) is 0 Å². The molecule has 1 aromatic heterocycles. The number of halogens is 1. The second-order valence-corrected chi connectivity index (χ2v) is 8.77. The number of aliphatic hydroxyl groups is 1. The molecule has 1 saturated carbocycles. The first-order valence-corrected chi connectivity index (χ1v) is 10.3. The van der Waals surface area contributed by atoms with Crippen LogP contribution in [0, 0.1) is 23.6 Å². The number of aromatic nitrogens is 1. The average molecular weight is 410 g/mol. The van der Waals surface area contributed by atoms with Gasteiger partial charge in [-0.1, -0.05) is 44.2 Å². The predicted molar refractivity (Wildman–Crippen MR) is 113 cm³/mol. The third-order valence-electron chi connectivity index (χ3n) is 6.96. The first kappa shape index (κ1) is 20.7. The summed E-state index contributed by atoms with van der Waals surface area (Å²) in [7, 11) is 0. The molecule has 0 unspecified atom stereocenters.